The number of nitrogens with zero attached hydrogens (tertiary/aromatic N) is 1. The van der Waals surface area contributed by atoms with Gasteiger partial charge in [0.15, 0.2) is 0 Å². The highest BCUT2D eigenvalue weighted by Crippen LogP contribution is 2.33. The third-order valence-corrected chi connectivity index (χ3v) is 5.71. The van der Waals surface area contributed by atoms with Gasteiger partial charge in [0.2, 0.25) is 10.0 Å². The monoisotopic (exact) mass is 337 g/mol. The van der Waals surface area contributed by atoms with Gasteiger partial charge in [-0.15, -0.1) is 0 Å². The smallest absolute Gasteiger partial charge is 0.396 e. The van der Waals surface area contributed by atoms with E-state index in [-0.39, 0.29) is 31.2 Å². The van der Waals surface area contributed by atoms with Gasteiger partial charge in [-0.2, -0.15) is 13.2 Å². The highest BCUT2D eigenvalue weighted by Gasteiger charge is 2.35. The van der Waals surface area contributed by atoms with Crippen LogP contribution in [0.4, 0.5) is 13.2 Å². The molecule has 0 bridgehead atoms. The third kappa shape index (κ3) is 3.99. The van der Waals surface area contributed by atoms with Crippen molar-refractivity contribution < 1.29 is 26.7 Å². The Bertz CT molecular complexity index is 608. The maximum absolute atomic E-state index is 12.9. The van der Waals surface area contributed by atoms with Crippen molar-refractivity contribution in [3.63, 3.8) is 0 Å². The van der Waals surface area contributed by atoms with Crippen LogP contribution < -0.4 is 0 Å². The van der Waals surface area contributed by atoms with Gasteiger partial charge in [-0.05, 0) is 30.4 Å². The Morgan fingerprint density at radius 3 is 2.32 bits per heavy atom. The molecule has 4 nitrogen and oxygen atoms in total. The van der Waals surface area contributed by atoms with Crippen molar-refractivity contribution in [2.45, 2.75) is 24.8 Å². The van der Waals surface area contributed by atoms with Crippen molar-refractivity contribution in [2.24, 2.45) is 5.92 Å². The molecule has 0 saturated carbocycles. The summed E-state index contributed by atoms with van der Waals surface area (Å²) < 4.78 is 64.6. The van der Waals surface area contributed by atoms with Gasteiger partial charge in [-0.3, -0.25) is 0 Å². The molecule has 1 aliphatic heterocycles. The molecule has 0 aromatic heterocycles. The van der Waals surface area contributed by atoms with E-state index in [9.17, 15) is 21.6 Å². The zero-order chi connectivity index (χ0) is 16.4. The van der Waals surface area contributed by atoms with E-state index < -0.39 is 27.5 Å². The largest absolute Gasteiger partial charge is 0.416 e. The highest BCUT2D eigenvalue weighted by atomic mass is 32.2. The molecule has 1 aromatic carbocycles. The van der Waals surface area contributed by atoms with Gasteiger partial charge in [0.1, 0.15) is 0 Å². The molecule has 1 aromatic rings. The molecule has 1 N–H and O–H groups in total. The third-order valence-electron chi connectivity index (χ3n) is 3.89. The standard InChI is InChI=1S/C14H18F3NO3S/c15-14(16,17)13-4-2-1-3-12(13)10-22(20,21)18-7-5-11(9-19)6-8-18/h1-4,11,19H,5-10H2. The lowest BCUT2D eigenvalue weighted by Crippen LogP contribution is -2.40. The summed E-state index contributed by atoms with van der Waals surface area (Å²) in [6.07, 6.45) is -3.52. The van der Waals surface area contributed by atoms with Crippen LogP contribution in [0.5, 0.6) is 0 Å². The maximum atomic E-state index is 12.9. The second kappa shape index (κ2) is 6.55. The van der Waals surface area contributed by atoms with Crippen LogP contribution in [-0.2, 0) is 22.0 Å². The van der Waals surface area contributed by atoms with E-state index in [2.05, 4.69) is 0 Å². The van der Waals surface area contributed by atoms with E-state index in [1.54, 1.807) is 0 Å². The van der Waals surface area contributed by atoms with Crippen molar-refractivity contribution in [1.29, 1.82) is 0 Å². The SMILES string of the molecule is O=S(=O)(Cc1ccccc1C(F)(F)F)N1CCC(CO)CC1. The molecule has 0 atom stereocenters. The molecule has 1 fully saturated rings. The number of benzene rings is 1. The Labute approximate surface area is 127 Å². The molecule has 1 heterocycles. The second-order valence-electron chi connectivity index (χ2n) is 5.44. The van der Waals surface area contributed by atoms with Crippen LogP contribution in [0.15, 0.2) is 24.3 Å². The van der Waals surface area contributed by atoms with E-state index >= 15 is 0 Å². The summed E-state index contributed by atoms with van der Waals surface area (Å²) in [6.45, 7) is 0.480. The summed E-state index contributed by atoms with van der Waals surface area (Å²) in [4.78, 5) is 0. The zero-order valence-corrected chi connectivity index (χ0v) is 12.7. The van der Waals surface area contributed by atoms with Crippen molar-refractivity contribution in [1.82, 2.24) is 4.31 Å². The topological polar surface area (TPSA) is 57.6 Å². The molecule has 124 valence electrons. The second-order valence-corrected chi connectivity index (χ2v) is 7.41. The quantitative estimate of drug-likeness (QED) is 0.917. The minimum absolute atomic E-state index is 0.00476. The molecular formula is C14H18F3NO3S. The van der Waals surface area contributed by atoms with Crippen LogP contribution in [0.1, 0.15) is 24.0 Å². The fourth-order valence-electron chi connectivity index (χ4n) is 2.58. The molecule has 0 unspecified atom stereocenters. The summed E-state index contributed by atoms with van der Waals surface area (Å²) >= 11 is 0. The fourth-order valence-corrected chi connectivity index (χ4v) is 4.18. The lowest BCUT2D eigenvalue weighted by atomic mass is 10.00. The number of hydrogen-bond donors (Lipinski definition) is 1. The van der Waals surface area contributed by atoms with Crippen molar-refractivity contribution in [2.75, 3.05) is 19.7 Å². The number of aliphatic hydroxyl groups is 1. The summed E-state index contributed by atoms with van der Waals surface area (Å²) in [5.74, 6) is -0.596. The van der Waals surface area contributed by atoms with Crippen LogP contribution in [0.25, 0.3) is 0 Å². The molecule has 0 radical (unpaired) electrons. The Morgan fingerprint density at radius 2 is 1.77 bits per heavy atom. The number of halogens is 3. The van der Waals surface area contributed by atoms with E-state index in [1.165, 1.54) is 22.5 Å². The van der Waals surface area contributed by atoms with Crippen LogP contribution in [-0.4, -0.2) is 37.5 Å². The maximum Gasteiger partial charge on any atom is 0.416 e. The Balaban J connectivity index is 2.17. The summed E-state index contributed by atoms with van der Waals surface area (Å²) in [5, 5.41) is 9.05. The van der Waals surface area contributed by atoms with E-state index in [0.717, 1.165) is 6.07 Å². The normalized spacial score (nSPS) is 18.5. The highest BCUT2D eigenvalue weighted by molar-refractivity contribution is 7.88. The minimum Gasteiger partial charge on any atom is -0.396 e. The molecular weight excluding hydrogens is 319 g/mol. The minimum atomic E-state index is -4.57. The lowest BCUT2D eigenvalue weighted by Gasteiger charge is -2.30. The summed E-state index contributed by atoms with van der Waals surface area (Å²) in [5.41, 5.74) is -1.15. The van der Waals surface area contributed by atoms with Gasteiger partial charge >= 0.3 is 6.18 Å². The van der Waals surface area contributed by atoms with Crippen molar-refractivity contribution in [3.8, 4) is 0 Å². The number of rotatable bonds is 4. The average molecular weight is 337 g/mol. The van der Waals surface area contributed by atoms with Crippen LogP contribution >= 0.6 is 0 Å². The summed E-state index contributed by atoms with van der Waals surface area (Å²) in [7, 11) is -3.80. The van der Waals surface area contributed by atoms with Gasteiger partial charge in [0.05, 0.1) is 11.3 Å². The molecule has 8 heteroatoms. The number of sulfonamides is 1. The molecule has 1 saturated heterocycles. The average Bonchev–Trinajstić information content (AvgIpc) is 2.46. The number of hydrogen-bond acceptors (Lipinski definition) is 3. The first-order valence-corrected chi connectivity index (χ1v) is 8.59. The van der Waals surface area contributed by atoms with Crippen LogP contribution in [0.3, 0.4) is 0 Å². The zero-order valence-electron chi connectivity index (χ0n) is 11.9. The fraction of sp³-hybridized carbons (Fsp3) is 0.571. The molecule has 1 aliphatic rings. The van der Waals surface area contributed by atoms with Gasteiger partial charge in [-0.25, -0.2) is 12.7 Å². The Hall–Kier alpha value is -1.12. The predicted octanol–water partition coefficient (Wildman–Crippen LogP) is 2.24. The van der Waals surface area contributed by atoms with E-state index in [4.69, 9.17) is 5.11 Å². The van der Waals surface area contributed by atoms with E-state index in [0.29, 0.717) is 12.8 Å². The Kier molecular flexibility index (Phi) is 5.14. The molecule has 0 spiro atoms. The molecule has 0 aliphatic carbocycles. The molecule has 2 rings (SSSR count). The Morgan fingerprint density at radius 1 is 1.18 bits per heavy atom. The summed E-state index contributed by atoms with van der Waals surface area (Å²) in [6, 6.07) is 4.73. The first-order valence-electron chi connectivity index (χ1n) is 6.98. The van der Waals surface area contributed by atoms with Gasteiger partial charge in [0, 0.05) is 19.7 Å². The van der Waals surface area contributed by atoms with Crippen molar-refractivity contribution in [3.05, 3.63) is 35.4 Å². The van der Waals surface area contributed by atoms with Gasteiger partial charge in [0.25, 0.3) is 0 Å². The molecule has 0 amide bonds. The van der Waals surface area contributed by atoms with Gasteiger partial charge < -0.3 is 5.11 Å². The lowest BCUT2D eigenvalue weighted by molar-refractivity contribution is -0.138. The predicted molar refractivity (Wildman–Crippen MR) is 75.5 cm³/mol. The number of alkyl halides is 3. The van der Waals surface area contributed by atoms with Crippen molar-refractivity contribution >= 4 is 10.0 Å². The van der Waals surface area contributed by atoms with Gasteiger partial charge in [-0.1, -0.05) is 18.2 Å². The molecule has 22 heavy (non-hydrogen) atoms. The van der Waals surface area contributed by atoms with Crippen LogP contribution in [0.2, 0.25) is 0 Å². The number of piperidine rings is 1. The first kappa shape index (κ1) is 17.2. The number of aliphatic hydroxyl groups excluding tert-OH is 1. The first-order chi connectivity index (χ1) is 10.2. The van der Waals surface area contributed by atoms with E-state index in [1.807, 2.05) is 0 Å². The van der Waals surface area contributed by atoms with Crippen LogP contribution in [0, 0.1) is 5.92 Å².